The van der Waals surface area contributed by atoms with E-state index >= 15 is 0 Å². The largest absolute Gasteiger partial charge is 0.455 e. The first kappa shape index (κ1) is 11.4. The van der Waals surface area contributed by atoms with E-state index in [-0.39, 0.29) is 17.3 Å². The molecule has 0 atom stereocenters. The van der Waals surface area contributed by atoms with Crippen molar-refractivity contribution in [3.63, 3.8) is 0 Å². The quantitative estimate of drug-likeness (QED) is 0.806. The van der Waals surface area contributed by atoms with E-state index < -0.39 is 5.82 Å². The lowest BCUT2D eigenvalue weighted by atomic mass is 10.2. The first-order chi connectivity index (χ1) is 8.08. The predicted molar refractivity (Wildman–Crippen MR) is 62.0 cm³/mol. The minimum Gasteiger partial charge on any atom is -0.455 e. The molecule has 0 saturated carbocycles. The second-order valence-corrected chi connectivity index (χ2v) is 3.66. The Kier molecular flexibility index (Phi) is 2.95. The molecule has 2 aromatic rings. The highest BCUT2D eigenvalue weighted by atomic mass is 19.1. The zero-order chi connectivity index (χ0) is 12.4. The van der Waals surface area contributed by atoms with E-state index in [0.717, 1.165) is 0 Å². The van der Waals surface area contributed by atoms with Crippen molar-refractivity contribution in [1.29, 1.82) is 0 Å². The molecule has 2 N–H and O–H groups in total. The van der Waals surface area contributed by atoms with Crippen molar-refractivity contribution >= 4 is 5.69 Å². The van der Waals surface area contributed by atoms with Gasteiger partial charge >= 0.3 is 0 Å². The molecule has 0 aliphatic carbocycles. The van der Waals surface area contributed by atoms with E-state index in [1.54, 1.807) is 13.0 Å². The average molecular weight is 235 g/mol. The number of hydrogen-bond donors (Lipinski definition) is 1. The van der Waals surface area contributed by atoms with E-state index in [4.69, 9.17) is 10.5 Å². The molecule has 2 aromatic carbocycles. The number of nitrogen functional groups attached to an aromatic ring is 1. The Labute approximate surface area is 97.6 Å². The highest BCUT2D eigenvalue weighted by molar-refractivity contribution is 5.54. The molecule has 0 aliphatic rings. The third-order valence-electron chi connectivity index (χ3n) is 2.37. The Morgan fingerprint density at radius 1 is 1.06 bits per heavy atom. The normalized spacial score (nSPS) is 10.3. The molecule has 0 aromatic heterocycles. The van der Waals surface area contributed by atoms with Crippen LogP contribution in [0.3, 0.4) is 0 Å². The number of rotatable bonds is 2. The van der Waals surface area contributed by atoms with Gasteiger partial charge in [-0.1, -0.05) is 6.07 Å². The van der Waals surface area contributed by atoms with Gasteiger partial charge in [0, 0.05) is 0 Å². The predicted octanol–water partition coefficient (Wildman–Crippen LogP) is 3.65. The van der Waals surface area contributed by atoms with E-state index in [1.165, 1.54) is 30.3 Å². The number of aryl methyl sites for hydroxylation is 1. The number of hydrogen-bond acceptors (Lipinski definition) is 2. The first-order valence-electron chi connectivity index (χ1n) is 5.06. The molecule has 17 heavy (non-hydrogen) atoms. The molecule has 0 aliphatic heterocycles. The fourth-order valence-electron chi connectivity index (χ4n) is 1.41. The zero-order valence-electron chi connectivity index (χ0n) is 9.21. The molecule has 0 radical (unpaired) electrons. The van der Waals surface area contributed by atoms with Crippen molar-refractivity contribution < 1.29 is 13.5 Å². The van der Waals surface area contributed by atoms with Crippen molar-refractivity contribution in [2.24, 2.45) is 0 Å². The molecule has 2 nitrogen and oxygen atoms in total. The molecule has 88 valence electrons. The van der Waals surface area contributed by atoms with Crippen LogP contribution in [-0.4, -0.2) is 0 Å². The fourth-order valence-corrected chi connectivity index (χ4v) is 1.41. The second-order valence-electron chi connectivity index (χ2n) is 3.66. The van der Waals surface area contributed by atoms with Crippen LogP contribution >= 0.6 is 0 Å². The van der Waals surface area contributed by atoms with Gasteiger partial charge in [0.2, 0.25) is 0 Å². The summed E-state index contributed by atoms with van der Waals surface area (Å²) in [6.45, 7) is 1.62. The van der Waals surface area contributed by atoms with E-state index in [0.29, 0.717) is 11.3 Å². The molecule has 2 rings (SSSR count). The van der Waals surface area contributed by atoms with Crippen LogP contribution < -0.4 is 10.5 Å². The van der Waals surface area contributed by atoms with Gasteiger partial charge in [-0.3, -0.25) is 0 Å². The molecular weight excluding hydrogens is 224 g/mol. The van der Waals surface area contributed by atoms with Crippen LogP contribution in [0.4, 0.5) is 14.5 Å². The van der Waals surface area contributed by atoms with Gasteiger partial charge in [0.1, 0.15) is 23.1 Å². The van der Waals surface area contributed by atoms with Gasteiger partial charge in [0.15, 0.2) is 5.75 Å². The number of nitrogens with two attached hydrogens (primary N) is 1. The van der Waals surface area contributed by atoms with Crippen molar-refractivity contribution in [3.8, 4) is 11.5 Å². The van der Waals surface area contributed by atoms with Crippen LogP contribution in [0, 0.1) is 18.6 Å². The Bertz CT molecular complexity index is 555. The third kappa shape index (κ3) is 2.36. The van der Waals surface area contributed by atoms with Gasteiger partial charge in [-0.15, -0.1) is 0 Å². The monoisotopic (exact) mass is 235 g/mol. The maximum absolute atomic E-state index is 13.2. The summed E-state index contributed by atoms with van der Waals surface area (Å²) in [6, 6.07) is 8.58. The van der Waals surface area contributed by atoms with Gasteiger partial charge in [-0.2, -0.15) is 0 Å². The van der Waals surface area contributed by atoms with E-state index in [9.17, 15) is 8.78 Å². The van der Waals surface area contributed by atoms with Crippen LogP contribution in [0.1, 0.15) is 5.56 Å². The Morgan fingerprint density at radius 2 is 1.82 bits per heavy atom. The van der Waals surface area contributed by atoms with Gasteiger partial charge in [-0.25, -0.2) is 8.78 Å². The summed E-state index contributed by atoms with van der Waals surface area (Å²) in [5, 5.41) is 0. The highest BCUT2D eigenvalue weighted by Crippen LogP contribution is 2.29. The van der Waals surface area contributed by atoms with Crippen LogP contribution in [0.15, 0.2) is 36.4 Å². The molecule has 0 fully saturated rings. The number of benzene rings is 2. The molecular formula is C13H11F2NO. The van der Waals surface area contributed by atoms with Gasteiger partial charge in [0.05, 0.1) is 0 Å². The van der Waals surface area contributed by atoms with E-state index in [1.807, 2.05) is 0 Å². The lowest BCUT2D eigenvalue weighted by molar-refractivity contribution is 0.477. The lowest BCUT2D eigenvalue weighted by Crippen LogP contribution is -1.95. The summed E-state index contributed by atoms with van der Waals surface area (Å²) < 4.78 is 31.6. The minimum absolute atomic E-state index is 0.0607. The standard InChI is InChI=1S/C13H11F2NO/c1-8-7-9(5-6-10(8)14)17-12-4-2-3-11(15)13(12)16/h2-7H,16H2,1H3. The second kappa shape index (κ2) is 4.41. The van der Waals surface area contributed by atoms with Gasteiger partial charge in [0.25, 0.3) is 0 Å². The Hall–Kier alpha value is -2.10. The van der Waals surface area contributed by atoms with Gasteiger partial charge in [-0.05, 0) is 42.8 Å². The number of ether oxygens (including phenoxy) is 1. The van der Waals surface area contributed by atoms with Crippen LogP contribution in [-0.2, 0) is 0 Å². The smallest absolute Gasteiger partial charge is 0.153 e. The summed E-state index contributed by atoms with van der Waals surface area (Å²) in [5.74, 6) is -0.219. The van der Waals surface area contributed by atoms with E-state index in [2.05, 4.69) is 0 Å². The number of halogens is 2. The zero-order valence-corrected chi connectivity index (χ0v) is 9.21. The fraction of sp³-hybridized carbons (Fsp3) is 0.0769. The van der Waals surface area contributed by atoms with Crippen molar-refractivity contribution in [3.05, 3.63) is 53.6 Å². The molecule has 0 heterocycles. The van der Waals surface area contributed by atoms with Gasteiger partial charge < -0.3 is 10.5 Å². The Morgan fingerprint density at radius 3 is 2.53 bits per heavy atom. The topological polar surface area (TPSA) is 35.2 Å². The summed E-state index contributed by atoms with van der Waals surface area (Å²) in [7, 11) is 0. The minimum atomic E-state index is -0.540. The average Bonchev–Trinajstić information content (AvgIpc) is 2.30. The molecule has 0 amide bonds. The molecule has 0 bridgehead atoms. The summed E-state index contributed by atoms with van der Waals surface area (Å²) in [4.78, 5) is 0. The molecule has 0 spiro atoms. The van der Waals surface area contributed by atoms with Crippen molar-refractivity contribution in [1.82, 2.24) is 0 Å². The van der Waals surface area contributed by atoms with Crippen molar-refractivity contribution in [2.75, 3.05) is 5.73 Å². The first-order valence-corrected chi connectivity index (χ1v) is 5.06. The van der Waals surface area contributed by atoms with Crippen LogP contribution in [0.5, 0.6) is 11.5 Å². The maximum Gasteiger partial charge on any atom is 0.153 e. The summed E-state index contributed by atoms with van der Waals surface area (Å²) >= 11 is 0. The van der Waals surface area contributed by atoms with Crippen LogP contribution in [0.25, 0.3) is 0 Å². The van der Waals surface area contributed by atoms with Crippen molar-refractivity contribution in [2.45, 2.75) is 6.92 Å². The van der Waals surface area contributed by atoms with Crippen LogP contribution in [0.2, 0.25) is 0 Å². The molecule has 4 heteroatoms. The third-order valence-corrected chi connectivity index (χ3v) is 2.37. The molecule has 0 saturated heterocycles. The lowest BCUT2D eigenvalue weighted by Gasteiger charge is -2.09. The number of para-hydroxylation sites is 1. The molecule has 0 unspecified atom stereocenters. The maximum atomic E-state index is 13.2. The highest BCUT2D eigenvalue weighted by Gasteiger charge is 2.07. The SMILES string of the molecule is Cc1cc(Oc2cccc(F)c2N)ccc1F. The summed E-state index contributed by atoms with van der Waals surface area (Å²) in [5.41, 5.74) is 5.92. The summed E-state index contributed by atoms with van der Waals surface area (Å²) in [6.07, 6.45) is 0. The number of anilines is 1. The Balaban J connectivity index is 2.31.